The van der Waals surface area contributed by atoms with Crippen LogP contribution in [0.4, 0.5) is 0 Å². The Balaban J connectivity index is 2.02. The maximum atomic E-state index is 6.18. The topological polar surface area (TPSA) is 39.7 Å². The zero-order valence-electron chi connectivity index (χ0n) is 13.1. The van der Waals surface area contributed by atoms with Crippen molar-refractivity contribution in [3.8, 4) is 5.75 Å². The van der Waals surface area contributed by atoms with E-state index in [-0.39, 0.29) is 12.2 Å². The lowest BCUT2D eigenvalue weighted by Gasteiger charge is -2.44. The molecule has 4 nitrogen and oxygen atoms in total. The van der Waals surface area contributed by atoms with E-state index in [4.69, 9.17) is 25.8 Å². The summed E-state index contributed by atoms with van der Waals surface area (Å²) in [6.07, 6.45) is 1.06. The van der Waals surface area contributed by atoms with Crippen LogP contribution in [-0.2, 0) is 9.47 Å². The molecule has 2 rings (SSSR count). The average Bonchev–Trinajstić information content (AvgIpc) is 2.41. The Morgan fingerprint density at radius 3 is 2.48 bits per heavy atom. The Kier molecular flexibility index (Phi) is 5.88. The minimum absolute atomic E-state index is 0.0552. The molecule has 1 N–H and O–H groups in total. The summed E-state index contributed by atoms with van der Waals surface area (Å²) in [4.78, 5) is 0. The number of aryl methyl sites for hydroxylation is 2. The van der Waals surface area contributed by atoms with Gasteiger partial charge in [0.05, 0.1) is 13.2 Å². The number of halogens is 1. The van der Waals surface area contributed by atoms with Crippen LogP contribution >= 0.6 is 11.6 Å². The van der Waals surface area contributed by atoms with E-state index >= 15 is 0 Å². The van der Waals surface area contributed by atoms with Gasteiger partial charge in [0, 0.05) is 24.6 Å². The summed E-state index contributed by atoms with van der Waals surface area (Å²) >= 11 is 6.06. The molecular weight excluding hydrogens is 290 g/mol. The Morgan fingerprint density at radius 1 is 1.24 bits per heavy atom. The zero-order valence-corrected chi connectivity index (χ0v) is 13.9. The molecule has 1 aliphatic rings. The van der Waals surface area contributed by atoms with Crippen molar-refractivity contribution in [1.82, 2.24) is 5.32 Å². The highest BCUT2D eigenvalue weighted by Gasteiger charge is 2.43. The summed E-state index contributed by atoms with van der Waals surface area (Å²) < 4.78 is 17.1. The molecule has 3 unspecified atom stereocenters. The Labute approximate surface area is 131 Å². The number of likely N-dealkylation sites (N-methyl/N-ethyl adjacent to an activating group) is 1. The highest BCUT2D eigenvalue weighted by atomic mass is 35.5. The summed E-state index contributed by atoms with van der Waals surface area (Å²) in [6, 6.07) is 4.19. The molecule has 0 heterocycles. The summed E-state index contributed by atoms with van der Waals surface area (Å²) in [5.41, 5.74) is 2.12. The van der Waals surface area contributed by atoms with Crippen molar-refractivity contribution in [2.45, 2.75) is 38.5 Å². The minimum atomic E-state index is 0.0552. The van der Waals surface area contributed by atoms with Crippen LogP contribution in [0.3, 0.4) is 0 Å². The normalized spacial score (nSPS) is 24.7. The van der Waals surface area contributed by atoms with Gasteiger partial charge in [0.1, 0.15) is 18.0 Å². The SMILES string of the molecule is CNC1CC(Oc2c(C)cc(Cl)cc2C)C1OCCOC. The quantitative estimate of drug-likeness (QED) is 0.786. The number of methoxy groups -OCH3 is 1. The molecule has 1 fully saturated rings. The first-order valence-corrected chi connectivity index (χ1v) is 7.65. The van der Waals surface area contributed by atoms with E-state index in [0.29, 0.717) is 19.3 Å². The molecule has 0 amide bonds. The molecule has 1 aromatic rings. The van der Waals surface area contributed by atoms with Crippen LogP contribution in [0.1, 0.15) is 17.5 Å². The first kappa shape index (κ1) is 16.6. The number of hydrogen-bond acceptors (Lipinski definition) is 4. The Morgan fingerprint density at radius 2 is 1.90 bits per heavy atom. The molecule has 3 atom stereocenters. The molecule has 118 valence electrons. The molecule has 1 saturated carbocycles. The first-order valence-electron chi connectivity index (χ1n) is 7.28. The summed E-state index contributed by atoms with van der Waals surface area (Å²) in [5.74, 6) is 0.916. The monoisotopic (exact) mass is 313 g/mol. The van der Waals surface area contributed by atoms with E-state index < -0.39 is 0 Å². The van der Waals surface area contributed by atoms with E-state index in [0.717, 1.165) is 28.3 Å². The van der Waals surface area contributed by atoms with Crippen LogP contribution < -0.4 is 10.1 Å². The number of rotatable bonds is 7. The fraction of sp³-hybridized carbons (Fsp3) is 0.625. The maximum Gasteiger partial charge on any atom is 0.128 e. The standard InChI is InChI=1S/C16H24ClNO3/c1-10-7-12(17)8-11(2)15(10)21-14-9-13(18-3)16(14)20-6-5-19-4/h7-8,13-14,16,18H,5-6,9H2,1-4H3. The van der Waals surface area contributed by atoms with Gasteiger partial charge < -0.3 is 19.5 Å². The molecular formula is C16H24ClNO3. The molecule has 0 saturated heterocycles. The van der Waals surface area contributed by atoms with Crippen LogP contribution in [0.25, 0.3) is 0 Å². The highest BCUT2D eigenvalue weighted by molar-refractivity contribution is 6.30. The zero-order chi connectivity index (χ0) is 15.4. The lowest BCUT2D eigenvalue weighted by atomic mass is 9.85. The van der Waals surface area contributed by atoms with Gasteiger partial charge in [0.25, 0.3) is 0 Å². The van der Waals surface area contributed by atoms with E-state index in [2.05, 4.69) is 5.32 Å². The lowest BCUT2D eigenvalue weighted by Crippen LogP contribution is -2.60. The fourth-order valence-electron chi connectivity index (χ4n) is 2.70. The fourth-order valence-corrected chi connectivity index (χ4v) is 3.03. The highest BCUT2D eigenvalue weighted by Crippen LogP contribution is 2.33. The van der Waals surface area contributed by atoms with E-state index in [1.165, 1.54) is 0 Å². The molecule has 0 bridgehead atoms. The van der Waals surface area contributed by atoms with E-state index in [1.807, 2.05) is 33.0 Å². The second-order valence-electron chi connectivity index (χ2n) is 5.48. The van der Waals surface area contributed by atoms with Crippen molar-refractivity contribution in [3.05, 3.63) is 28.3 Å². The van der Waals surface area contributed by atoms with Crippen LogP contribution in [-0.4, -0.2) is 45.6 Å². The van der Waals surface area contributed by atoms with Gasteiger partial charge in [-0.3, -0.25) is 0 Å². The van der Waals surface area contributed by atoms with Crippen molar-refractivity contribution in [1.29, 1.82) is 0 Å². The molecule has 0 aromatic heterocycles. The largest absolute Gasteiger partial charge is 0.487 e. The molecule has 1 aliphatic carbocycles. The van der Waals surface area contributed by atoms with Gasteiger partial charge in [0.2, 0.25) is 0 Å². The number of hydrogen-bond donors (Lipinski definition) is 1. The molecule has 0 aliphatic heterocycles. The summed E-state index contributed by atoms with van der Waals surface area (Å²) in [5, 5.41) is 4.01. The molecule has 0 spiro atoms. The van der Waals surface area contributed by atoms with Crippen LogP contribution in [0.5, 0.6) is 5.75 Å². The van der Waals surface area contributed by atoms with Gasteiger partial charge in [0.15, 0.2) is 0 Å². The van der Waals surface area contributed by atoms with Gasteiger partial charge in [-0.1, -0.05) is 11.6 Å². The van der Waals surface area contributed by atoms with Crippen molar-refractivity contribution < 1.29 is 14.2 Å². The van der Waals surface area contributed by atoms with Gasteiger partial charge in [-0.25, -0.2) is 0 Å². The van der Waals surface area contributed by atoms with Crippen LogP contribution in [0, 0.1) is 13.8 Å². The molecule has 21 heavy (non-hydrogen) atoms. The van der Waals surface area contributed by atoms with E-state index in [1.54, 1.807) is 7.11 Å². The molecule has 1 aromatic carbocycles. The lowest BCUT2D eigenvalue weighted by molar-refractivity contribution is -0.114. The van der Waals surface area contributed by atoms with Gasteiger partial charge in [-0.15, -0.1) is 0 Å². The summed E-state index contributed by atoms with van der Waals surface area (Å²) in [7, 11) is 3.63. The van der Waals surface area contributed by atoms with Gasteiger partial charge in [-0.05, 0) is 44.2 Å². The number of benzene rings is 1. The Hall–Kier alpha value is -0.810. The predicted octanol–water partition coefficient (Wildman–Crippen LogP) is 2.73. The van der Waals surface area contributed by atoms with Crippen LogP contribution in [0.15, 0.2) is 12.1 Å². The predicted molar refractivity (Wildman–Crippen MR) is 84.4 cm³/mol. The third kappa shape index (κ3) is 3.89. The second-order valence-corrected chi connectivity index (χ2v) is 5.92. The maximum absolute atomic E-state index is 6.18. The van der Waals surface area contributed by atoms with Crippen molar-refractivity contribution in [3.63, 3.8) is 0 Å². The average molecular weight is 314 g/mol. The van der Waals surface area contributed by atoms with Crippen molar-refractivity contribution >= 4 is 11.6 Å². The van der Waals surface area contributed by atoms with Crippen molar-refractivity contribution in [2.24, 2.45) is 0 Å². The number of ether oxygens (including phenoxy) is 3. The van der Waals surface area contributed by atoms with Gasteiger partial charge >= 0.3 is 0 Å². The third-order valence-corrected chi connectivity index (χ3v) is 4.13. The number of nitrogens with one attached hydrogen (secondary N) is 1. The van der Waals surface area contributed by atoms with E-state index in [9.17, 15) is 0 Å². The second kappa shape index (κ2) is 7.45. The molecule has 5 heteroatoms. The summed E-state index contributed by atoms with van der Waals surface area (Å²) in [6.45, 7) is 5.21. The third-order valence-electron chi connectivity index (χ3n) is 3.91. The van der Waals surface area contributed by atoms with Crippen LogP contribution in [0.2, 0.25) is 5.02 Å². The van der Waals surface area contributed by atoms with Crippen molar-refractivity contribution in [2.75, 3.05) is 27.4 Å². The smallest absolute Gasteiger partial charge is 0.128 e. The minimum Gasteiger partial charge on any atom is -0.487 e. The van der Waals surface area contributed by atoms with Gasteiger partial charge in [-0.2, -0.15) is 0 Å². The first-order chi connectivity index (χ1) is 10.1. The Bertz CT molecular complexity index is 458. The molecule has 0 radical (unpaired) electrons.